The van der Waals surface area contributed by atoms with E-state index in [0.717, 1.165) is 24.5 Å². The fraction of sp³-hybridized carbons (Fsp3) is 0.500. The largest absolute Gasteiger partial charge is 2.00 e. The first-order chi connectivity index (χ1) is 18.7. The van der Waals surface area contributed by atoms with Crippen molar-refractivity contribution >= 4 is 11.9 Å². The van der Waals surface area contributed by atoms with E-state index >= 15 is 0 Å². The first-order valence-corrected chi connectivity index (χ1v) is 11.0. The number of carbonyl (C=O) groups is 2. The van der Waals surface area contributed by atoms with Crippen LogP contribution in [0.4, 0.5) is 0 Å². The minimum absolute atomic E-state index is 0. The van der Waals surface area contributed by atoms with Crippen LogP contribution >= 0.6 is 0 Å². The minimum atomic E-state index is -2.56. The van der Waals surface area contributed by atoms with Gasteiger partial charge in [-0.15, -0.1) is 0 Å². The number of hydrogen-bond acceptors (Lipinski definition) is 16. The van der Waals surface area contributed by atoms with Crippen LogP contribution in [0.25, 0.3) is 0 Å². The molecule has 2 fully saturated rings. The molecule has 2 aromatic heterocycles. The zero-order valence-corrected chi connectivity index (χ0v) is 26.1. The summed E-state index contributed by atoms with van der Waals surface area (Å²) >= 11 is 0. The molecule has 0 aliphatic carbocycles. The molecule has 0 unspecified atom stereocenters. The summed E-state index contributed by atoms with van der Waals surface area (Å²) in [6.45, 7) is -2.33. The molecule has 2 saturated heterocycles. The smallest absolute Gasteiger partial charge is 0.547 e. The Kier molecular flexibility index (Phi) is 10.7. The van der Waals surface area contributed by atoms with Gasteiger partial charge in [0.05, 0.1) is 25.2 Å². The molecular weight excluding hydrogens is 753 g/mol. The van der Waals surface area contributed by atoms with Crippen LogP contribution in [0.15, 0.2) is 43.7 Å². The van der Waals surface area contributed by atoms with Gasteiger partial charge in [0, 0.05) is 24.5 Å². The van der Waals surface area contributed by atoms with Gasteiger partial charge in [0.1, 0.15) is 24.4 Å². The minimum Gasteiger partial charge on any atom is -0.547 e. The van der Waals surface area contributed by atoms with E-state index in [1.807, 2.05) is 9.97 Å². The first kappa shape index (κ1) is 34.1. The Balaban J connectivity index is 0.000000280. The standard InChI is InChI=1S/2C10H12N2O8.Hg/c2*13-3-10(8(17)18)6(16)5(15)7(20-10)12-2-1-4(14)11-9(12)19;/h2*1-2,5-7,13,15-16H,3H2,(H,17,18)(H,11,14,19);/q;;+2/p-2/t2*5-,6+,7-,10-;/m11./s1. The average molecular weight is 775 g/mol. The number of aliphatic hydroxyl groups is 6. The molecule has 21 heteroatoms. The molecule has 220 valence electrons. The quantitative estimate of drug-likeness (QED) is 0.126. The van der Waals surface area contributed by atoms with Crippen molar-refractivity contribution in [2.24, 2.45) is 0 Å². The number of carbonyl (C=O) groups excluding carboxylic acids is 2. The molecule has 0 spiro atoms. The van der Waals surface area contributed by atoms with Crippen molar-refractivity contribution in [2.45, 2.75) is 48.1 Å². The van der Waals surface area contributed by atoms with Crippen LogP contribution in [0.2, 0.25) is 0 Å². The number of aromatic amines is 2. The molecule has 0 aromatic carbocycles. The molecule has 20 nitrogen and oxygen atoms in total. The van der Waals surface area contributed by atoms with Crippen molar-refractivity contribution in [3.8, 4) is 0 Å². The molecular formula is C20H22HgN4O16. The third-order valence-electron chi connectivity index (χ3n) is 6.26. The maximum atomic E-state index is 11.6. The van der Waals surface area contributed by atoms with Crippen LogP contribution in [0.1, 0.15) is 12.5 Å². The molecule has 4 rings (SSSR count). The van der Waals surface area contributed by atoms with Crippen molar-refractivity contribution in [1.29, 1.82) is 0 Å². The van der Waals surface area contributed by atoms with Gasteiger partial charge >= 0.3 is 39.0 Å². The normalized spacial score (nSPS) is 32.4. The summed E-state index contributed by atoms with van der Waals surface area (Å²) in [6, 6.07) is 1.89. The Morgan fingerprint density at radius 2 is 1.07 bits per heavy atom. The van der Waals surface area contributed by atoms with E-state index in [-0.39, 0.29) is 27.7 Å². The van der Waals surface area contributed by atoms with Crippen molar-refractivity contribution in [1.82, 2.24) is 19.1 Å². The summed E-state index contributed by atoms with van der Waals surface area (Å²) in [5.74, 6) is -3.88. The zero-order valence-electron chi connectivity index (χ0n) is 20.6. The molecule has 8 N–H and O–H groups in total. The van der Waals surface area contributed by atoms with Crippen LogP contribution in [0.5, 0.6) is 0 Å². The number of ether oxygens (including phenoxy) is 2. The van der Waals surface area contributed by atoms with Gasteiger partial charge in [0.2, 0.25) is 0 Å². The second kappa shape index (κ2) is 12.8. The second-order valence-electron chi connectivity index (χ2n) is 8.59. The molecule has 0 radical (unpaired) electrons. The number of nitrogens with one attached hydrogen (secondary N) is 2. The number of aromatic nitrogens is 4. The molecule has 8 atom stereocenters. The fourth-order valence-electron chi connectivity index (χ4n) is 4.00. The van der Waals surface area contributed by atoms with E-state index < -0.39 is 95.7 Å². The van der Waals surface area contributed by atoms with E-state index in [9.17, 15) is 59.4 Å². The van der Waals surface area contributed by atoms with Crippen molar-refractivity contribution in [3.05, 3.63) is 66.2 Å². The Morgan fingerprint density at radius 3 is 1.29 bits per heavy atom. The van der Waals surface area contributed by atoms with Crippen LogP contribution in [-0.4, -0.2) is 111 Å². The molecule has 41 heavy (non-hydrogen) atoms. The van der Waals surface area contributed by atoms with Gasteiger partial charge in [-0.25, -0.2) is 9.59 Å². The van der Waals surface area contributed by atoms with Crippen LogP contribution in [0.3, 0.4) is 0 Å². The summed E-state index contributed by atoms with van der Waals surface area (Å²) in [6.07, 6.45) is -8.93. The monoisotopic (exact) mass is 776 g/mol. The number of rotatable bonds is 6. The molecule has 4 heterocycles. The first-order valence-electron chi connectivity index (χ1n) is 11.0. The summed E-state index contributed by atoms with van der Waals surface area (Å²) in [5.41, 5.74) is -8.46. The molecule has 2 aliphatic rings. The number of carboxylic acid groups (broad SMARTS) is 2. The van der Waals surface area contributed by atoms with E-state index in [2.05, 4.69) is 0 Å². The summed E-state index contributed by atoms with van der Waals surface area (Å²) in [4.78, 5) is 70.8. The second-order valence-corrected chi connectivity index (χ2v) is 8.59. The zero-order chi connectivity index (χ0) is 30.2. The molecule has 0 bridgehead atoms. The summed E-state index contributed by atoms with van der Waals surface area (Å²) in [7, 11) is 0. The number of aliphatic carboxylic acids is 2. The summed E-state index contributed by atoms with van der Waals surface area (Å²) < 4.78 is 11.2. The number of carboxylic acids is 2. The topological polar surface area (TPSA) is 330 Å². The third kappa shape index (κ3) is 5.96. The molecule has 0 amide bonds. The van der Waals surface area contributed by atoms with Crippen molar-refractivity contribution in [2.75, 3.05) is 13.2 Å². The van der Waals surface area contributed by atoms with Crippen LogP contribution < -0.4 is 32.7 Å². The number of H-pyrrole nitrogens is 2. The predicted molar refractivity (Wildman–Crippen MR) is 117 cm³/mol. The molecule has 2 aliphatic heterocycles. The van der Waals surface area contributed by atoms with Gasteiger partial charge in [-0.2, -0.15) is 0 Å². The Labute approximate surface area is 245 Å². The predicted octanol–water partition coefficient (Wildman–Crippen LogP) is -9.47. The number of nitrogens with zero attached hydrogens (tertiary/aromatic N) is 2. The van der Waals surface area contributed by atoms with Crippen molar-refractivity contribution < 1.29 is 87.6 Å². The van der Waals surface area contributed by atoms with Gasteiger partial charge < -0.3 is 59.9 Å². The Bertz CT molecular complexity index is 1390. The number of hydrogen-bond donors (Lipinski definition) is 8. The van der Waals surface area contributed by atoms with E-state index in [0.29, 0.717) is 9.13 Å². The van der Waals surface area contributed by atoms with Crippen LogP contribution in [0, 0.1) is 0 Å². The van der Waals surface area contributed by atoms with E-state index in [4.69, 9.17) is 19.7 Å². The Hall–Kier alpha value is -3.08. The van der Waals surface area contributed by atoms with Gasteiger partial charge in [0.15, 0.2) is 23.7 Å². The number of aliphatic hydroxyl groups excluding tert-OH is 6. The third-order valence-corrected chi connectivity index (χ3v) is 6.26. The molecule has 2 aromatic rings. The van der Waals surface area contributed by atoms with Gasteiger partial charge in [-0.3, -0.25) is 28.7 Å². The maximum absolute atomic E-state index is 11.6. The average Bonchev–Trinajstić information content (AvgIpc) is 3.31. The van der Waals surface area contributed by atoms with Crippen molar-refractivity contribution in [3.63, 3.8) is 0 Å². The van der Waals surface area contributed by atoms with Gasteiger partial charge in [-0.1, -0.05) is 0 Å². The van der Waals surface area contributed by atoms with Gasteiger partial charge in [-0.05, 0) is 0 Å². The SMILES string of the molecule is O=C([O-])[C@]1(CO)O[C@@H](n2ccc(=O)[nH]c2=O)[C@H](O)[C@@H]1O.O=C([O-])[C@]1(CO)O[C@@H](n2ccc(=O)[nH]c2=O)[C@H](O)[C@@H]1O.[Hg+2]. The fourth-order valence-corrected chi connectivity index (χ4v) is 4.00. The van der Waals surface area contributed by atoms with Crippen LogP contribution in [-0.2, 0) is 46.7 Å². The maximum Gasteiger partial charge on any atom is 2.00 e. The van der Waals surface area contributed by atoms with E-state index in [1.54, 1.807) is 0 Å². The molecule has 0 saturated carbocycles. The summed E-state index contributed by atoms with van der Waals surface area (Å²) in [5, 5.41) is 79.2. The van der Waals surface area contributed by atoms with Gasteiger partial charge in [0.25, 0.3) is 11.1 Å². The van der Waals surface area contributed by atoms with E-state index in [1.165, 1.54) is 0 Å². The Morgan fingerprint density at radius 1 is 0.756 bits per heavy atom.